The monoisotopic (exact) mass is 351 g/mol. The molecular weight excluding hydrogens is 330 g/mol. The maximum Gasteiger partial charge on any atom is 0.257 e. The zero-order chi connectivity index (χ0) is 18.1. The Bertz CT molecular complexity index is 935. The predicted molar refractivity (Wildman–Crippen MR) is 97.9 cm³/mol. The van der Waals surface area contributed by atoms with Crippen LogP contribution in [0.4, 0.5) is 0 Å². The van der Waals surface area contributed by atoms with Crippen LogP contribution in [0.2, 0.25) is 0 Å². The van der Waals surface area contributed by atoms with E-state index >= 15 is 0 Å². The molecular formula is C20H21N3O3. The van der Waals surface area contributed by atoms with Crippen LogP contribution in [0, 0.1) is 6.92 Å². The highest BCUT2D eigenvalue weighted by molar-refractivity contribution is 5.94. The highest BCUT2D eigenvalue weighted by Gasteiger charge is 2.26. The molecule has 4 rings (SSSR count). The Morgan fingerprint density at radius 1 is 1.08 bits per heavy atom. The first kappa shape index (κ1) is 16.4. The van der Waals surface area contributed by atoms with Crippen molar-refractivity contribution in [3.05, 3.63) is 59.7 Å². The number of carbonyl (C=O) groups is 2. The number of fused-ring (bicyclic) bond motifs is 1. The quantitative estimate of drug-likeness (QED) is 0.788. The van der Waals surface area contributed by atoms with Crippen LogP contribution < -0.4 is 0 Å². The summed E-state index contributed by atoms with van der Waals surface area (Å²) < 4.78 is 4.98. The maximum atomic E-state index is 12.8. The Balaban J connectivity index is 1.41. The fourth-order valence-corrected chi connectivity index (χ4v) is 3.55. The number of aromatic nitrogens is 1. The average Bonchev–Trinajstić information content (AvgIpc) is 3.30. The van der Waals surface area contributed by atoms with Crippen LogP contribution in [-0.4, -0.2) is 52.8 Å². The Kier molecular flexibility index (Phi) is 4.24. The van der Waals surface area contributed by atoms with E-state index in [2.05, 4.69) is 4.98 Å². The second-order valence-electron chi connectivity index (χ2n) is 6.64. The predicted octanol–water partition coefficient (Wildman–Crippen LogP) is 2.60. The summed E-state index contributed by atoms with van der Waals surface area (Å²) in [5.74, 6) is 0.0617. The molecule has 1 fully saturated rings. The van der Waals surface area contributed by atoms with Crippen molar-refractivity contribution in [1.29, 1.82) is 0 Å². The molecule has 2 amide bonds. The van der Waals surface area contributed by atoms with Crippen molar-refractivity contribution in [3.63, 3.8) is 0 Å². The summed E-state index contributed by atoms with van der Waals surface area (Å²) in [6.45, 7) is 4.21. The first-order valence-electron chi connectivity index (χ1n) is 8.79. The van der Waals surface area contributed by atoms with Gasteiger partial charge in [-0.3, -0.25) is 9.59 Å². The van der Waals surface area contributed by atoms with Crippen molar-refractivity contribution in [2.45, 2.75) is 13.3 Å². The molecule has 2 aromatic heterocycles. The molecule has 0 saturated carbocycles. The average molecular weight is 351 g/mol. The van der Waals surface area contributed by atoms with Crippen molar-refractivity contribution >= 4 is 22.7 Å². The molecule has 0 radical (unpaired) electrons. The lowest BCUT2D eigenvalue weighted by Gasteiger charge is -2.34. The van der Waals surface area contributed by atoms with E-state index in [1.807, 2.05) is 36.1 Å². The topological polar surface area (TPSA) is 69.6 Å². The van der Waals surface area contributed by atoms with E-state index in [9.17, 15) is 9.59 Å². The summed E-state index contributed by atoms with van der Waals surface area (Å²) in [7, 11) is 0. The zero-order valence-electron chi connectivity index (χ0n) is 14.7. The molecule has 1 aromatic carbocycles. The van der Waals surface area contributed by atoms with Gasteiger partial charge in [0.25, 0.3) is 5.91 Å². The second kappa shape index (κ2) is 6.71. The first-order chi connectivity index (χ1) is 12.6. The van der Waals surface area contributed by atoms with Gasteiger partial charge in [0.1, 0.15) is 6.26 Å². The number of rotatable bonds is 3. The summed E-state index contributed by atoms with van der Waals surface area (Å²) >= 11 is 0. The summed E-state index contributed by atoms with van der Waals surface area (Å²) in [4.78, 5) is 32.1. The number of nitrogens with zero attached hydrogens (tertiary/aromatic N) is 2. The lowest BCUT2D eigenvalue weighted by molar-refractivity contribution is -0.131. The summed E-state index contributed by atoms with van der Waals surface area (Å²) in [6.07, 6.45) is 3.34. The van der Waals surface area contributed by atoms with Gasteiger partial charge >= 0.3 is 0 Å². The molecule has 26 heavy (non-hydrogen) atoms. The summed E-state index contributed by atoms with van der Waals surface area (Å²) in [5, 5.41) is 1.10. The summed E-state index contributed by atoms with van der Waals surface area (Å²) in [5.41, 5.74) is 3.71. The van der Waals surface area contributed by atoms with E-state index < -0.39 is 0 Å². The van der Waals surface area contributed by atoms with Gasteiger partial charge in [-0.15, -0.1) is 0 Å². The van der Waals surface area contributed by atoms with Crippen LogP contribution in [0.25, 0.3) is 10.9 Å². The van der Waals surface area contributed by atoms with Crippen LogP contribution in [0.15, 0.2) is 47.3 Å². The van der Waals surface area contributed by atoms with E-state index in [-0.39, 0.29) is 11.8 Å². The Morgan fingerprint density at radius 2 is 1.81 bits per heavy atom. The van der Waals surface area contributed by atoms with E-state index in [1.54, 1.807) is 11.0 Å². The number of aromatic amines is 1. The zero-order valence-corrected chi connectivity index (χ0v) is 14.7. The first-order valence-corrected chi connectivity index (χ1v) is 8.79. The number of aryl methyl sites for hydroxylation is 1. The minimum absolute atomic E-state index is 0.0432. The van der Waals surface area contributed by atoms with E-state index in [0.717, 1.165) is 22.2 Å². The number of hydrogen-bond acceptors (Lipinski definition) is 3. The maximum absolute atomic E-state index is 12.8. The number of benzene rings is 1. The van der Waals surface area contributed by atoms with Crippen LogP contribution >= 0.6 is 0 Å². The standard InChI is InChI=1S/C20H21N3O3/c1-14-17(16-4-2-3-5-18(16)21-14)12-19(24)22-7-9-23(10-8-22)20(25)15-6-11-26-13-15/h2-6,11,13,21H,7-10,12H2,1H3. The number of nitrogens with one attached hydrogen (secondary N) is 1. The Labute approximate surface area is 151 Å². The lowest BCUT2D eigenvalue weighted by Crippen LogP contribution is -2.50. The second-order valence-corrected chi connectivity index (χ2v) is 6.64. The SMILES string of the molecule is Cc1[nH]c2ccccc2c1CC(=O)N1CCN(C(=O)c2ccoc2)CC1. The molecule has 0 unspecified atom stereocenters. The van der Waals surface area contributed by atoms with Crippen molar-refractivity contribution in [2.75, 3.05) is 26.2 Å². The van der Waals surface area contributed by atoms with E-state index in [4.69, 9.17) is 4.42 Å². The fourth-order valence-electron chi connectivity index (χ4n) is 3.55. The fraction of sp³-hybridized carbons (Fsp3) is 0.300. The molecule has 1 N–H and O–H groups in total. The Morgan fingerprint density at radius 3 is 2.54 bits per heavy atom. The van der Waals surface area contributed by atoms with Gasteiger partial charge in [0.2, 0.25) is 5.91 Å². The lowest BCUT2D eigenvalue weighted by atomic mass is 10.1. The van der Waals surface area contributed by atoms with Crippen LogP contribution in [0.1, 0.15) is 21.6 Å². The van der Waals surface area contributed by atoms with Gasteiger partial charge in [0.05, 0.1) is 18.2 Å². The van der Waals surface area contributed by atoms with Gasteiger partial charge in [-0.2, -0.15) is 0 Å². The highest BCUT2D eigenvalue weighted by atomic mass is 16.3. The summed E-state index contributed by atoms with van der Waals surface area (Å²) in [6, 6.07) is 9.71. The molecule has 0 aliphatic carbocycles. The minimum Gasteiger partial charge on any atom is -0.472 e. The van der Waals surface area contributed by atoms with Crippen LogP contribution in [-0.2, 0) is 11.2 Å². The molecule has 0 bridgehead atoms. The van der Waals surface area contributed by atoms with Crippen molar-refractivity contribution < 1.29 is 14.0 Å². The van der Waals surface area contributed by atoms with Crippen molar-refractivity contribution in [3.8, 4) is 0 Å². The van der Waals surface area contributed by atoms with Crippen molar-refractivity contribution in [2.24, 2.45) is 0 Å². The van der Waals surface area contributed by atoms with Crippen LogP contribution in [0.5, 0.6) is 0 Å². The van der Waals surface area contributed by atoms with Gasteiger partial charge in [0, 0.05) is 42.8 Å². The van der Waals surface area contributed by atoms with Gasteiger partial charge in [-0.05, 0) is 24.6 Å². The molecule has 0 spiro atoms. The van der Waals surface area contributed by atoms with E-state index in [0.29, 0.717) is 38.2 Å². The number of amides is 2. The molecule has 6 heteroatoms. The Hall–Kier alpha value is -3.02. The van der Waals surface area contributed by atoms with Gasteiger partial charge in [-0.1, -0.05) is 18.2 Å². The minimum atomic E-state index is -0.0432. The van der Waals surface area contributed by atoms with Gasteiger partial charge < -0.3 is 19.2 Å². The molecule has 134 valence electrons. The number of H-pyrrole nitrogens is 1. The largest absolute Gasteiger partial charge is 0.472 e. The molecule has 0 atom stereocenters. The number of carbonyl (C=O) groups excluding carboxylic acids is 2. The third-order valence-electron chi connectivity index (χ3n) is 5.04. The number of hydrogen-bond donors (Lipinski definition) is 1. The van der Waals surface area contributed by atoms with Gasteiger partial charge in [0.15, 0.2) is 0 Å². The molecule has 1 aliphatic heterocycles. The third kappa shape index (κ3) is 2.98. The number of furan rings is 1. The number of piperazine rings is 1. The molecule has 1 saturated heterocycles. The van der Waals surface area contributed by atoms with Crippen LogP contribution in [0.3, 0.4) is 0 Å². The molecule has 1 aliphatic rings. The molecule has 3 heterocycles. The molecule has 6 nitrogen and oxygen atoms in total. The molecule has 3 aromatic rings. The van der Waals surface area contributed by atoms with E-state index in [1.165, 1.54) is 12.5 Å². The normalized spacial score (nSPS) is 14.8. The third-order valence-corrected chi connectivity index (χ3v) is 5.04. The van der Waals surface area contributed by atoms with Gasteiger partial charge in [-0.25, -0.2) is 0 Å². The van der Waals surface area contributed by atoms with Crippen molar-refractivity contribution in [1.82, 2.24) is 14.8 Å². The highest BCUT2D eigenvalue weighted by Crippen LogP contribution is 2.23. The smallest absolute Gasteiger partial charge is 0.257 e. The number of para-hydroxylation sites is 1.